The monoisotopic (exact) mass is 551 g/mol. The molecule has 0 heterocycles. The third kappa shape index (κ3) is 8.58. The van der Waals surface area contributed by atoms with Crippen molar-refractivity contribution in [3.63, 3.8) is 0 Å². The molecule has 0 spiro atoms. The molecule has 2 amide bonds. The normalized spacial score (nSPS) is 11.9. The van der Waals surface area contributed by atoms with E-state index in [1.807, 2.05) is 68.4 Å². The van der Waals surface area contributed by atoms with Gasteiger partial charge in [0.15, 0.2) is 0 Å². The molecule has 1 atom stereocenters. The Kier molecular flexibility index (Phi) is 10.5. The Morgan fingerprint density at radius 1 is 0.949 bits per heavy atom. The molecule has 39 heavy (non-hydrogen) atoms. The predicted octanol–water partition coefficient (Wildman–Crippen LogP) is 3.94. The smallest absolute Gasteiger partial charge is 0.244 e. The van der Waals surface area contributed by atoms with Crippen molar-refractivity contribution < 1.29 is 22.7 Å². The van der Waals surface area contributed by atoms with Gasteiger partial charge >= 0.3 is 0 Å². The summed E-state index contributed by atoms with van der Waals surface area (Å²) in [5, 5.41) is 2.93. The number of sulfonamides is 1. The Balaban J connectivity index is 2.04. The summed E-state index contributed by atoms with van der Waals surface area (Å²) in [5.74, 6) is -0.308. The number of hydrogen-bond acceptors (Lipinski definition) is 5. The summed E-state index contributed by atoms with van der Waals surface area (Å²) in [7, 11) is -2.35. The summed E-state index contributed by atoms with van der Waals surface area (Å²) >= 11 is 0. The summed E-state index contributed by atoms with van der Waals surface area (Å²) in [6.45, 7) is 4.06. The number of amides is 2. The molecule has 208 valence electrons. The zero-order valence-electron chi connectivity index (χ0n) is 23.0. The van der Waals surface area contributed by atoms with Crippen LogP contribution in [0.1, 0.15) is 30.0 Å². The van der Waals surface area contributed by atoms with Crippen molar-refractivity contribution in [3.8, 4) is 5.75 Å². The highest BCUT2D eigenvalue weighted by molar-refractivity contribution is 7.92. The van der Waals surface area contributed by atoms with Gasteiger partial charge in [-0.3, -0.25) is 13.9 Å². The van der Waals surface area contributed by atoms with Crippen molar-refractivity contribution in [1.82, 2.24) is 10.2 Å². The average Bonchev–Trinajstić information content (AvgIpc) is 2.92. The third-order valence-corrected chi connectivity index (χ3v) is 7.42. The van der Waals surface area contributed by atoms with E-state index >= 15 is 0 Å². The van der Waals surface area contributed by atoms with Crippen LogP contribution in [0, 0.1) is 6.92 Å². The minimum atomic E-state index is -3.84. The van der Waals surface area contributed by atoms with E-state index in [1.54, 1.807) is 24.3 Å². The number of nitrogens with one attached hydrogen (secondary N) is 1. The first kappa shape index (κ1) is 29.7. The molecular formula is C30H37N3O5S. The fourth-order valence-corrected chi connectivity index (χ4v) is 5.15. The maximum atomic E-state index is 14.0. The van der Waals surface area contributed by atoms with E-state index in [9.17, 15) is 18.0 Å². The Bertz CT molecular complexity index is 1360. The van der Waals surface area contributed by atoms with Crippen LogP contribution in [-0.4, -0.2) is 57.6 Å². The van der Waals surface area contributed by atoms with Gasteiger partial charge in [-0.05, 0) is 36.6 Å². The van der Waals surface area contributed by atoms with Crippen LogP contribution < -0.4 is 14.4 Å². The molecule has 0 saturated heterocycles. The van der Waals surface area contributed by atoms with Gasteiger partial charge in [0.1, 0.15) is 18.3 Å². The molecule has 9 heteroatoms. The Labute approximate surface area is 231 Å². The van der Waals surface area contributed by atoms with E-state index in [1.165, 1.54) is 12.0 Å². The predicted molar refractivity (Wildman–Crippen MR) is 154 cm³/mol. The van der Waals surface area contributed by atoms with Gasteiger partial charge in [-0.15, -0.1) is 0 Å². The van der Waals surface area contributed by atoms with Gasteiger partial charge < -0.3 is 15.0 Å². The van der Waals surface area contributed by atoms with Gasteiger partial charge in [-0.2, -0.15) is 0 Å². The molecule has 0 aliphatic rings. The second-order valence-corrected chi connectivity index (χ2v) is 11.4. The molecule has 3 aromatic carbocycles. The standard InChI is InChI=1S/C30H37N3O5S/c1-5-17-31-30(35)28(19-24-12-7-6-8-13-24)32(21-25-14-9-11-23(2)18-25)29(34)22-33(39(4,36)37)26-15-10-16-27(20-26)38-3/h6-16,18,20,28H,5,17,19,21-22H2,1-4H3,(H,31,35). The van der Waals surface area contributed by atoms with Crippen molar-refractivity contribution in [2.45, 2.75) is 39.3 Å². The van der Waals surface area contributed by atoms with Crippen LogP contribution in [0.5, 0.6) is 5.75 Å². The van der Waals surface area contributed by atoms with E-state index in [0.29, 0.717) is 18.0 Å². The molecular weight excluding hydrogens is 514 g/mol. The molecule has 0 radical (unpaired) electrons. The average molecular weight is 552 g/mol. The first-order valence-electron chi connectivity index (χ1n) is 12.9. The molecule has 8 nitrogen and oxygen atoms in total. The maximum Gasteiger partial charge on any atom is 0.244 e. The molecule has 0 bridgehead atoms. The van der Waals surface area contributed by atoms with E-state index in [0.717, 1.165) is 33.7 Å². The summed E-state index contributed by atoms with van der Waals surface area (Å²) in [4.78, 5) is 29.0. The fourth-order valence-electron chi connectivity index (χ4n) is 4.31. The van der Waals surface area contributed by atoms with E-state index < -0.39 is 28.5 Å². The number of benzene rings is 3. The number of nitrogens with zero attached hydrogens (tertiary/aromatic N) is 2. The highest BCUT2D eigenvalue weighted by Crippen LogP contribution is 2.24. The number of carbonyl (C=O) groups is 2. The molecule has 1 N–H and O–H groups in total. The lowest BCUT2D eigenvalue weighted by atomic mass is 10.0. The molecule has 1 unspecified atom stereocenters. The highest BCUT2D eigenvalue weighted by Gasteiger charge is 2.33. The zero-order valence-corrected chi connectivity index (χ0v) is 23.8. The molecule has 0 aliphatic carbocycles. The van der Waals surface area contributed by atoms with Crippen molar-refractivity contribution in [2.75, 3.05) is 30.8 Å². The van der Waals surface area contributed by atoms with E-state index in [2.05, 4.69) is 5.32 Å². The highest BCUT2D eigenvalue weighted by atomic mass is 32.2. The third-order valence-electron chi connectivity index (χ3n) is 6.28. The first-order chi connectivity index (χ1) is 18.6. The van der Waals surface area contributed by atoms with Crippen molar-refractivity contribution in [2.24, 2.45) is 0 Å². The van der Waals surface area contributed by atoms with Crippen molar-refractivity contribution in [3.05, 3.63) is 95.6 Å². The lowest BCUT2D eigenvalue weighted by molar-refractivity contribution is -0.140. The first-order valence-corrected chi connectivity index (χ1v) is 14.8. The largest absolute Gasteiger partial charge is 0.497 e. The van der Waals surface area contributed by atoms with Gasteiger partial charge in [-0.1, -0.05) is 73.2 Å². The molecule has 0 fully saturated rings. The summed E-state index contributed by atoms with van der Waals surface area (Å²) in [5.41, 5.74) is 3.06. The number of rotatable bonds is 13. The van der Waals surface area contributed by atoms with Gasteiger partial charge in [-0.25, -0.2) is 8.42 Å². The molecule has 3 aromatic rings. The van der Waals surface area contributed by atoms with Gasteiger partial charge in [0.25, 0.3) is 0 Å². The van der Waals surface area contributed by atoms with E-state index in [4.69, 9.17) is 4.74 Å². The second-order valence-electron chi connectivity index (χ2n) is 9.48. The summed E-state index contributed by atoms with van der Waals surface area (Å²) in [6.07, 6.45) is 2.08. The quantitative estimate of drug-likeness (QED) is 0.347. The number of anilines is 1. The van der Waals surface area contributed by atoms with Crippen LogP contribution >= 0.6 is 0 Å². The van der Waals surface area contributed by atoms with Gasteiger partial charge in [0, 0.05) is 25.6 Å². The van der Waals surface area contributed by atoms with Crippen molar-refractivity contribution in [1.29, 1.82) is 0 Å². The second kappa shape index (κ2) is 13.8. The van der Waals surface area contributed by atoms with Crippen molar-refractivity contribution >= 4 is 27.5 Å². The Morgan fingerprint density at radius 2 is 1.64 bits per heavy atom. The lowest BCUT2D eigenvalue weighted by Crippen LogP contribution is -2.53. The fraction of sp³-hybridized carbons (Fsp3) is 0.333. The van der Waals surface area contributed by atoms with Gasteiger partial charge in [0.2, 0.25) is 21.8 Å². The minimum absolute atomic E-state index is 0.146. The SMILES string of the molecule is CCCNC(=O)C(Cc1ccccc1)N(Cc1cccc(C)c1)C(=O)CN(c1cccc(OC)c1)S(C)(=O)=O. The molecule has 3 rings (SSSR count). The lowest BCUT2D eigenvalue weighted by Gasteiger charge is -2.33. The van der Waals surface area contributed by atoms with Crippen LogP contribution in [0.15, 0.2) is 78.9 Å². The zero-order chi connectivity index (χ0) is 28.4. The number of aryl methyl sites for hydroxylation is 1. The summed E-state index contributed by atoms with van der Waals surface area (Å²) in [6, 6.07) is 22.9. The molecule has 0 aromatic heterocycles. The van der Waals surface area contributed by atoms with Crippen LogP contribution in [0.4, 0.5) is 5.69 Å². The Morgan fingerprint density at radius 3 is 2.28 bits per heavy atom. The van der Waals surface area contributed by atoms with Crippen LogP contribution in [0.2, 0.25) is 0 Å². The van der Waals surface area contributed by atoms with Crippen LogP contribution in [-0.2, 0) is 32.6 Å². The number of carbonyl (C=O) groups excluding carboxylic acids is 2. The minimum Gasteiger partial charge on any atom is -0.497 e. The number of ether oxygens (including phenoxy) is 1. The molecule has 0 saturated carbocycles. The Hall–Kier alpha value is -3.85. The van der Waals surface area contributed by atoms with Gasteiger partial charge in [0.05, 0.1) is 19.1 Å². The maximum absolute atomic E-state index is 14.0. The number of methoxy groups -OCH3 is 1. The van der Waals surface area contributed by atoms with E-state index in [-0.39, 0.29) is 18.9 Å². The molecule has 0 aliphatic heterocycles. The number of hydrogen-bond donors (Lipinski definition) is 1. The van der Waals surface area contributed by atoms with Crippen LogP contribution in [0.3, 0.4) is 0 Å². The summed E-state index contributed by atoms with van der Waals surface area (Å²) < 4.78 is 32.0. The van der Waals surface area contributed by atoms with Crippen LogP contribution in [0.25, 0.3) is 0 Å². The topological polar surface area (TPSA) is 96.0 Å².